The van der Waals surface area contributed by atoms with Crippen molar-refractivity contribution < 1.29 is 0 Å². The van der Waals surface area contributed by atoms with Gasteiger partial charge in [0, 0.05) is 51.5 Å². The Labute approximate surface area is 188 Å². The molecule has 0 aliphatic rings. The van der Waals surface area contributed by atoms with Gasteiger partial charge < -0.3 is 15.1 Å². The van der Waals surface area contributed by atoms with Crippen molar-refractivity contribution in [1.29, 1.82) is 0 Å². The molecule has 0 bridgehead atoms. The number of hydrogen-bond acceptors (Lipinski definition) is 4. The number of rotatable bonds is 6. The summed E-state index contributed by atoms with van der Waals surface area (Å²) in [7, 11) is 7.95. The van der Waals surface area contributed by atoms with Crippen LogP contribution >= 0.6 is 35.3 Å². The Kier molecular flexibility index (Phi) is 8.50. The lowest BCUT2D eigenvalue weighted by atomic mass is 10.1. The molecule has 1 N–H and O–H groups in total. The average molecular weight is 509 g/mol. The Balaban J connectivity index is 0.00000280. The fourth-order valence-electron chi connectivity index (χ4n) is 3.00. The van der Waals surface area contributed by atoms with Crippen LogP contribution in [0.1, 0.15) is 10.4 Å². The Bertz CT molecular complexity index is 908. The van der Waals surface area contributed by atoms with Gasteiger partial charge in [-0.3, -0.25) is 4.99 Å². The maximum atomic E-state index is 4.73. The molecule has 3 aromatic rings. The van der Waals surface area contributed by atoms with E-state index in [1.807, 2.05) is 32.1 Å². The van der Waals surface area contributed by atoms with Crippen molar-refractivity contribution in [3.63, 3.8) is 0 Å². The van der Waals surface area contributed by atoms with E-state index < -0.39 is 0 Å². The first-order chi connectivity index (χ1) is 13.1. The Morgan fingerprint density at radius 3 is 2.61 bits per heavy atom. The van der Waals surface area contributed by atoms with E-state index in [9.17, 15) is 0 Å². The summed E-state index contributed by atoms with van der Waals surface area (Å²) in [6.07, 6.45) is 1.03. The number of guanidine groups is 1. The number of fused-ring (bicyclic) bond motifs is 1. The van der Waals surface area contributed by atoms with Gasteiger partial charge in [-0.25, -0.2) is 4.98 Å². The lowest BCUT2D eigenvalue weighted by Gasteiger charge is -2.22. The number of thiophene rings is 1. The minimum atomic E-state index is 0. The fourth-order valence-corrected chi connectivity index (χ4v) is 3.70. The molecule has 28 heavy (non-hydrogen) atoms. The molecule has 0 spiro atoms. The highest BCUT2D eigenvalue weighted by molar-refractivity contribution is 14.0. The number of likely N-dealkylation sites (N-methyl/N-ethyl adjacent to an activating group) is 1. The van der Waals surface area contributed by atoms with Crippen LogP contribution in [0.15, 0.2) is 52.8 Å². The van der Waals surface area contributed by atoms with E-state index in [0.717, 1.165) is 30.3 Å². The summed E-state index contributed by atoms with van der Waals surface area (Å²) >= 11 is 1.80. The molecule has 2 heterocycles. The molecule has 0 atom stereocenters. The summed E-state index contributed by atoms with van der Waals surface area (Å²) in [4.78, 5) is 14.8. The first-order valence-electron chi connectivity index (χ1n) is 9.08. The highest BCUT2D eigenvalue weighted by atomic mass is 127. The van der Waals surface area contributed by atoms with E-state index in [2.05, 4.69) is 64.0 Å². The SMILES string of the molecule is CN=C(NCc1cc(N(C)C)nc2ccccc12)N(C)CCc1cccs1.I. The van der Waals surface area contributed by atoms with Gasteiger partial charge in [0.05, 0.1) is 5.52 Å². The molecule has 0 fully saturated rings. The average Bonchev–Trinajstić information content (AvgIpc) is 3.20. The molecule has 5 nitrogen and oxygen atoms in total. The summed E-state index contributed by atoms with van der Waals surface area (Å²) in [5.74, 6) is 1.87. The van der Waals surface area contributed by atoms with Crippen LogP contribution in [0.25, 0.3) is 10.9 Å². The number of anilines is 1. The fraction of sp³-hybridized carbons (Fsp3) is 0.333. The summed E-state index contributed by atoms with van der Waals surface area (Å²) in [5, 5.41) is 6.80. The second kappa shape index (κ2) is 10.6. The number of para-hydroxylation sites is 1. The number of nitrogens with zero attached hydrogens (tertiary/aromatic N) is 4. The zero-order valence-corrected chi connectivity index (χ0v) is 20.0. The number of benzene rings is 1. The number of aromatic nitrogens is 1. The second-order valence-corrected chi connectivity index (χ2v) is 7.74. The van der Waals surface area contributed by atoms with Gasteiger partial charge in [-0.05, 0) is 35.6 Å². The summed E-state index contributed by atoms with van der Waals surface area (Å²) < 4.78 is 0. The molecule has 0 unspecified atom stereocenters. The van der Waals surface area contributed by atoms with Crippen LogP contribution in [0.2, 0.25) is 0 Å². The molecule has 0 radical (unpaired) electrons. The van der Waals surface area contributed by atoms with Crippen LogP contribution in [0.5, 0.6) is 0 Å². The van der Waals surface area contributed by atoms with Gasteiger partial charge in [-0.2, -0.15) is 0 Å². The zero-order valence-electron chi connectivity index (χ0n) is 16.8. The van der Waals surface area contributed by atoms with Gasteiger partial charge >= 0.3 is 0 Å². The van der Waals surface area contributed by atoms with Gasteiger partial charge in [-0.1, -0.05) is 24.3 Å². The Morgan fingerprint density at radius 2 is 1.93 bits per heavy atom. The maximum Gasteiger partial charge on any atom is 0.193 e. The number of aliphatic imine (C=N–C) groups is 1. The summed E-state index contributed by atoms with van der Waals surface area (Å²) in [6, 6.07) is 14.7. The summed E-state index contributed by atoms with van der Waals surface area (Å²) in [5.41, 5.74) is 2.23. The number of nitrogens with one attached hydrogen (secondary N) is 1. The topological polar surface area (TPSA) is 43.8 Å². The first kappa shape index (κ1) is 22.4. The van der Waals surface area contributed by atoms with Gasteiger partial charge in [0.1, 0.15) is 5.82 Å². The van der Waals surface area contributed by atoms with Crippen LogP contribution in [0.4, 0.5) is 5.82 Å². The highest BCUT2D eigenvalue weighted by Gasteiger charge is 2.10. The molecular weight excluding hydrogens is 481 g/mol. The zero-order chi connectivity index (χ0) is 19.2. The molecule has 2 aromatic heterocycles. The van der Waals surface area contributed by atoms with E-state index in [-0.39, 0.29) is 24.0 Å². The third kappa shape index (κ3) is 5.57. The standard InChI is InChI=1S/C21H27N5S.HI/c1-22-21(26(4)12-11-17-8-7-13-27-17)23-15-16-14-20(25(2)3)24-19-10-6-5-9-18(16)19;/h5-10,13-14H,11-12,15H2,1-4H3,(H,22,23);1H. The minimum Gasteiger partial charge on any atom is -0.363 e. The van der Waals surface area contributed by atoms with Crippen molar-refractivity contribution in [2.24, 2.45) is 4.99 Å². The van der Waals surface area contributed by atoms with Crippen molar-refractivity contribution in [2.75, 3.05) is 39.6 Å². The van der Waals surface area contributed by atoms with Crippen molar-refractivity contribution in [1.82, 2.24) is 15.2 Å². The number of pyridine rings is 1. The molecule has 0 saturated heterocycles. The lowest BCUT2D eigenvalue weighted by Crippen LogP contribution is -2.39. The molecule has 0 aliphatic heterocycles. The van der Waals surface area contributed by atoms with Crippen LogP contribution in [0, 0.1) is 0 Å². The van der Waals surface area contributed by atoms with E-state index in [4.69, 9.17) is 4.98 Å². The van der Waals surface area contributed by atoms with E-state index in [0.29, 0.717) is 6.54 Å². The minimum absolute atomic E-state index is 0. The Morgan fingerprint density at radius 1 is 1.14 bits per heavy atom. The number of hydrogen-bond donors (Lipinski definition) is 1. The Hall–Kier alpha value is -1.87. The quantitative estimate of drug-likeness (QED) is 0.307. The van der Waals surface area contributed by atoms with Gasteiger partial charge in [0.25, 0.3) is 0 Å². The van der Waals surface area contributed by atoms with Crippen molar-refractivity contribution in [3.05, 3.63) is 58.3 Å². The largest absolute Gasteiger partial charge is 0.363 e. The van der Waals surface area contributed by atoms with Crippen LogP contribution < -0.4 is 10.2 Å². The predicted octanol–water partition coefficient (Wildman–Crippen LogP) is 4.23. The van der Waals surface area contributed by atoms with Crippen molar-refractivity contribution >= 4 is 58.0 Å². The monoisotopic (exact) mass is 509 g/mol. The molecule has 3 rings (SSSR count). The van der Waals surface area contributed by atoms with E-state index in [1.165, 1.54) is 15.8 Å². The lowest BCUT2D eigenvalue weighted by molar-refractivity contribution is 0.486. The van der Waals surface area contributed by atoms with Gasteiger partial charge in [0.15, 0.2) is 5.96 Å². The predicted molar refractivity (Wildman–Crippen MR) is 132 cm³/mol. The third-order valence-electron chi connectivity index (χ3n) is 4.53. The smallest absolute Gasteiger partial charge is 0.193 e. The van der Waals surface area contributed by atoms with Gasteiger partial charge in [0.2, 0.25) is 0 Å². The first-order valence-corrected chi connectivity index (χ1v) is 9.96. The van der Waals surface area contributed by atoms with Crippen LogP contribution in [-0.2, 0) is 13.0 Å². The van der Waals surface area contributed by atoms with Crippen LogP contribution in [0.3, 0.4) is 0 Å². The summed E-state index contributed by atoms with van der Waals surface area (Å²) in [6.45, 7) is 1.64. The highest BCUT2D eigenvalue weighted by Crippen LogP contribution is 2.22. The molecular formula is C21H28IN5S. The van der Waals surface area contributed by atoms with E-state index in [1.54, 1.807) is 11.3 Å². The maximum absolute atomic E-state index is 4.73. The molecule has 0 aliphatic carbocycles. The molecule has 7 heteroatoms. The van der Waals surface area contributed by atoms with Gasteiger partial charge in [-0.15, -0.1) is 35.3 Å². The number of halogens is 1. The van der Waals surface area contributed by atoms with Crippen LogP contribution in [-0.4, -0.2) is 50.6 Å². The third-order valence-corrected chi connectivity index (χ3v) is 5.47. The van der Waals surface area contributed by atoms with Crippen molar-refractivity contribution in [3.8, 4) is 0 Å². The normalized spacial score (nSPS) is 11.2. The molecule has 1 aromatic carbocycles. The molecule has 150 valence electrons. The van der Waals surface area contributed by atoms with E-state index >= 15 is 0 Å². The second-order valence-electron chi connectivity index (χ2n) is 6.70. The molecule has 0 amide bonds. The van der Waals surface area contributed by atoms with Crippen molar-refractivity contribution in [2.45, 2.75) is 13.0 Å². The molecule has 0 saturated carbocycles.